The Morgan fingerprint density at radius 3 is 2.29 bits per heavy atom. The number of hydrogen-bond acceptors (Lipinski definition) is 4. The average Bonchev–Trinajstić information content (AvgIpc) is 2.81. The summed E-state index contributed by atoms with van der Waals surface area (Å²) in [5, 5.41) is 0. The van der Waals surface area contributed by atoms with E-state index >= 15 is 0 Å². The minimum atomic E-state index is -0.624. The number of benzene rings is 1. The predicted octanol–water partition coefficient (Wildman–Crippen LogP) is 6.39. The van der Waals surface area contributed by atoms with E-state index < -0.39 is 6.29 Å². The van der Waals surface area contributed by atoms with Crippen LogP contribution in [0, 0.1) is 5.41 Å². The van der Waals surface area contributed by atoms with Gasteiger partial charge in [-0.3, -0.25) is 0 Å². The van der Waals surface area contributed by atoms with E-state index in [2.05, 4.69) is 38.1 Å². The Bertz CT molecular complexity index is 733. The topological polar surface area (TPSA) is 44.8 Å². The van der Waals surface area contributed by atoms with Crippen LogP contribution in [0.5, 0.6) is 0 Å². The molecule has 0 aromatic heterocycles. The molecule has 1 aromatic rings. The second-order valence-corrected chi connectivity index (χ2v) is 9.87. The molecule has 0 spiro atoms. The molecule has 1 aliphatic heterocycles. The number of rotatable bonds is 8. The van der Waals surface area contributed by atoms with Crippen LogP contribution in [-0.4, -0.2) is 25.5 Å². The molecule has 3 saturated carbocycles. The van der Waals surface area contributed by atoms with Gasteiger partial charge in [0.1, 0.15) is 12.7 Å². The maximum atomic E-state index is 11.8. The van der Waals surface area contributed by atoms with Crippen LogP contribution in [0.4, 0.5) is 0 Å². The molecule has 2 unspecified atom stereocenters. The average molecular weight is 427 g/mol. The normalized spacial score (nSPS) is 33.0. The summed E-state index contributed by atoms with van der Waals surface area (Å²) in [7, 11) is 0. The largest absolute Gasteiger partial charge is 0.430 e. The number of carbonyl (C=O) groups is 1. The Balaban J connectivity index is 1.29. The van der Waals surface area contributed by atoms with Gasteiger partial charge in [-0.15, -0.1) is 0 Å². The third-order valence-corrected chi connectivity index (χ3v) is 7.90. The first-order chi connectivity index (χ1) is 15.1. The molecule has 4 fully saturated rings. The van der Waals surface area contributed by atoms with Crippen LogP contribution in [0.25, 0.3) is 0 Å². The monoisotopic (exact) mass is 426 g/mol. The van der Waals surface area contributed by atoms with Crippen molar-refractivity contribution in [3.05, 3.63) is 47.5 Å². The van der Waals surface area contributed by atoms with E-state index in [4.69, 9.17) is 14.2 Å². The van der Waals surface area contributed by atoms with Gasteiger partial charge in [0.15, 0.2) is 0 Å². The van der Waals surface area contributed by atoms with Crippen molar-refractivity contribution in [3.63, 3.8) is 0 Å². The zero-order valence-corrected chi connectivity index (χ0v) is 19.2. The molecule has 1 aromatic carbocycles. The number of fused-ring (bicyclic) bond motifs is 3. The summed E-state index contributed by atoms with van der Waals surface area (Å²) in [6.45, 7) is 5.07. The molecule has 4 nitrogen and oxygen atoms in total. The Labute approximate surface area is 187 Å². The maximum absolute atomic E-state index is 11.8. The summed E-state index contributed by atoms with van der Waals surface area (Å²) >= 11 is 0. The Kier molecular flexibility index (Phi) is 7.18. The highest BCUT2D eigenvalue weighted by Crippen LogP contribution is 2.59. The van der Waals surface area contributed by atoms with E-state index in [1.165, 1.54) is 63.0 Å². The van der Waals surface area contributed by atoms with Crippen molar-refractivity contribution in [3.8, 4) is 0 Å². The standard InChI is InChI=1S/C27H38O4/c1-3-5-6-7-24(28)31-25-20-29-23(19-30-25)21-8-10-22(11-9-21)27-16-13-26(12-4-2,14-17-27)15-18-27/h6-11,23,25H,3-5,12-20H2,1-2H3. The molecule has 5 rings (SSSR count). The van der Waals surface area contributed by atoms with Gasteiger partial charge in [-0.05, 0) is 73.3 Å². The number of allylic oxidation sites excluding steroid dienone is 1. The van der Waals surface area contributed by atoms with E-state index in [1.54, 1.807) is 0 Å². The van der Waals surface area contributed by atoms with Crippen LogP contribution in [0.1, 0.15) is 95.3 Å². The van der Waals surface area contributed by atoms with Crippen molar-refractivity contribution >= 4 is 5.97 Å². The number of ether oxygens (including phenoxy) is 3. The third-order valence-electron chi connectivity index (χ3n) is 7.90. The summed E-state index contributed by atoms with van der Waals surface area (Å²) in [5.74, 6) is -0.368. The highest BCUT2D eigenvalue weighted by Gasteiger charge is 2.48. The number of esters is 1. The fourth-order valence-electron chi connectivity index (χ4n) is 5.91. The second-order valence-electron chi connectivity index (χ2n) is 9.87. The van der Waals surface area contributed by atoms with Crippen LogP contribution in [0.3, 0.4) is 0 Å². The van der Waals surface area contributed by atoms with Gasteiger partial charge >= 0.3 is 5.97 Å². The lowest BCUT2D eigenvalue weighted by Crippen LogP contribution is -2.44. The molecule has 4 heteroatoms. The molecule has 3 aliphatic carbocycles. The fourth-order valence-corrected chi connectivity index (χ4v) is 5.91. The van der Waals surface area contributed by atoms with Gasteiger partial charge in [-0.1, -0.05) is 57.0 Å². The summed E-state index contributed by atoms with van der Waals surface area (Å²) < 4.78 is 17.0. The van der Waals surface area contributed by atoms with E-state index in [-0.39, 0.29) is 18.7 Å². The lowest BCUT2D eigenvalue weighted by Gasteiger charge is -2.54. The molecule has 2 atom stereocenters. The van der Waals surface area contributed by atoms with Crippen LogP contribution < -0.4 is 0 Å². The fraction of sp³-hybridized carbons (Fsp3) is 0.667. The van der Waals surface area contributed by atoms with Crippen LogP contribution >= 0.6 is 0 Å². The van der Waals surface area contributed by atoms with Crippen LogP contribution in [0.15, 0.2) is 36.4 Å². The zero-order valence-electron chi connectivity index (χ0n) is 19.2. The van der Waals surface area contributed by atoms with Gasteiger partial charge in [0, 0.05) is 6.08 Å². The Morgan fingerprint density at radius 1 is 1.00 bits per heavy atom. The molecular formula is C27H38O4. The van der Waals surface area contributed by atoms with E-state index in [9.17, 15) is 4.79 Å². The molecule has 0 amide bonds. The molecule has 1 heterocycles. The van der Waals surface area contributed by atoms with E-state index in [0.29, 0.717) is 17.4 Å². The number of carbonyl (C=O) groups excluding carboxylic acids is 1. The van der Waals surface area contributed by atoms with Crippen LogP contribution in [0.2, 0.25) is 0 Å². The number of hydrogen-bond donors (Lipinski definition) is 0. The van der Waals surface area contributed by atoms with Crippen molar-refractivity contribution in [2.45, 2.75) is 95.9 Å². The zero-order chi connectivity index (χ0) is 21.7. The summed E-state index contributed by atoms with van der Waals surface area (Å²) in [4.78, 5) is 11.8. The molecule has 1 saturated heterocycles. The molecule has 0 N–H and O–H groups in total. The van der Waals surface area contributed by atoms with Gasteiger partial charge in [0.2, 0.25) is 6.29 Å². The third kappa shape index (κ3) is 5.06. The lowest BCUT2D eigenvalue weighted by atomic mass is 9.51. The SMILES string of the molecule is CCCC=CC(=O)OC1COC(c2ccc(C34CCC(CCC)(CC3)CC4)cc2)CO1. The molecule has 0 radical (unpaired) electrons. The van der Waals surface area contributed by atoms with Gasteiger partial charge < -0.3 is 14.2 Å². The molecule has 2 bridgehead atoms. The van der Waals surface area contributed by atoms with E-state index in [1.807, 2.05) is 6.08 Å². The Hall–Kier alpha value is -1.65. The summed E-state index contributed by atoms with van der Waals surface area (Å²) in [6, 6.07) is 9.06. The highest BCUT2D eigenvalue weighted by atomic mass is 16.7. The van der Waals surface area contributed by atoms with Crippen molar-refractivity contribution in [1.29, 1.82) is 0 Å². The molecule has 170 valence electrons. The molecular weight excluding hydrogens is 388 g/mol. The summed E-state index contributed by atoms with van der Waals surface area (Å²) in [6.07, 6.45) is 15.4. The summed E-state index contributed by atoms with van der Waals surface area (Å²) in [5.41, 5.74) is 3.68. The maximum Gasteiger partial charge on any atom is 0.332 e. The quantitative estimate of drug-likeness (QED) is 0.357. The van der Waals surface area contributed by atoms with Crippen molar-refractivity contribution in [2.75, 3.05) is 13.2 Å². The van der Waals surface area contributed by atoms with Gasteiger partial charge in [-0.25, -0.2) is 4.79 Å². The van der Waals surface area contributed by atoms with E-state index in [0.717, 1.165) is 18.4 Å². The van der Waals surface area contributed by atoms with Crippen LogP contribution in [-0.2, 0) is 24.4 Å². The minimum absolute atomic E-state index is 0.105. The predicted molar refractivity (Wildman–Crippen MR) is 122 cm³/mol. The molecule has 4 aliphatic rings. The van der Waals surface area contributed by atoms with Crippen molar-refractivity contribution in [2.24, 2.45) is 5.41 Å². The van der Waals surface area contributed by atoms with Crippen molar-refractivity contribution in [1.82, 2.24) is 0 Å². The highest BCUT2D eigenvalue weighted by molar-refractivity contribution is 5.81. The van der Waals surface area contributed by atoms with Gasteiger partial charge in [0.05, 0.1) is 6.61 Å². The minimum Gasteiger partial charge on any atom is -0.430 e. The smallest absolute Gasteiger partial charge is 0.332 e. The van der Waals surface area contributed by atoms with Crippen molar-refractivity contribution < 1.29 is 19.0 Å². The first-order valence-electron chi connectivity index (χ1n) is 12.3. The second kappa shape index (κ2) is 9.87. The molecule has 31 heavy (non-hydrogen) atoms. The van der Waals surface area contributed by atoms with Gasteiger partial charge in [-0.2, -0.15) is 0 Å². The first kappa shape index (κ1) is 22.5. The number of unbranched alkanes of at least 4 members (excludes halogenated alkanes) is 1. The first-order valence-corrected chi connectivity index (χ1v) is 12.3. The van der Waals surface area contributed by atoms with Gasteiger partial charge in [0.25, 0.3) is 0 Å². The Morgan fingerprint density at radius 2 is 1.71 bits per heavy atom. The lowest BCUT2D eigenvalue weighted by molar-refractivity contribution is -0.230.